The number of hydrogen-bond acceptors (Lipinski definition) is 10. The number of ether oxygens (including phenoxy) is 2. The molecule has 2 fully saturated rings. The number of carbonyl (C=O) groups excluding carboxylic acids is 4. The highest BCUT2D eigenvalue weighted by Crippen LogP contribution is 2.55. The molecule has 1 saturated heterocycles. The van der Waals surface area contributed by atoms with E-state index in [1.165, 1.54) is 17.0 Å². The molecule has 0 aromatic heterocycles. The van der Waals surface area contributed by atoms with Gasteiger partial charge < -0.3 is 45.9 Å². The number of likely N-dealkylation sites (tertiary alicyclic amines) is 1. The maximum absolute atomic E-state index is 13.8. The fourth-order valence-corrected chi connectivity index (χ4v) is 9.06. The number of carbonyl (C=O) groups is 5. The second-order valence-electron chi connectivity index (χ2n) is 18.9. The number of anilines is 1. The molecule has 0 spiro atoms. The molecule has 1 heterocycles. The predicted octanol–water partition coefficient (Wildman–Crippen LogP) is 5.93. The van der Waals surface area contributed by atoms with Crippen molar-refractivity contribution in [2.75, 3.05) is 31.6 Å². The first-order valence-corrected chi connectivity index (χ1v) is 22.0. The van der Waals surface area contributed by atoms with E-state index in [2.05, 4.69) is 55.0 Å². The number of halogens is 1. The minimum Gasteiger partial charge on any atom is -0.489 e. The van der Waals surface area contributed by atoms with Crippen molar-refractivity contribution in [2.45, 2.75) is 111 Å². The van der Waals surface area contributed by atoms with Crippen molar-refractivity contribution in [3.8, 4) is 11.8 Å². The third kappa shape index (κ3) is 12.1. The number of carboxylic acids is 1. The van der Waals surface area contributed by atoms with Crippen LogP contribution in [-0.4, -0.2) is 101 Å². The van der Waals surface area contributed by atoms with E-state index in [1.54, 1.807) is 63.2 Å². The Morgan fingerprint density at radius 1 is 0.938 bits per heavy atom. The normalized spacial score (nSPS) is 20.2. The van der Waals surface area contributed by atoms with Crippen LogP contribution in [0, 0.1) is 27.6 Å². The molecule has 1 aliphatic heterocycles. The second kappa shape index (κ2) is 20.9. The largest absolute Gasteiger partial charge is 0.489 e. The lowest BCUT2D eigenvalue weighted by molar-refractivity contribution is -0.164. The van der Waals surface area contributed by atoms with Crippen LogP contribution in [0.4, 0.5) is 5.69 Å². The lowest BCUT2D eigenvalue weighted by atomic mass is 9.49. The van der Waals surface area contributed by atoms with Crippen LogP contribution in [0.3, 0.4) is 0 Å². The van der Waals surface area contributed by atoms with Crippen LogP contribution in [0.5, 0.6) is 5.75 Å². The smallest absolute Gasteiger partial charge is 0.335 e. The van der Waals surface area contributed by atoms with Crippen molar-refractivity contribution in [1.82, 2.24) is 20.9 Å². The molecule has 5 rings (SSSR count). The minimum absolute atomic E-state index is 0.0428. The highest BCUT2D eigenvalue weighted by molar-refractivity contribution is 6.31. The van der Waals surface area contributed by atoms with Crippen molar-refractivity contribution >= 4 is 46.9 Å². The Kier molecular flexibility index (Phi) is 16.1. The number of carboxylic acid groups (broad SMARTS) is 1. The number of unbranched alkanes of at least 4 members (excludes halogenated alkanes) is 2. The van der Waals surface area contributed by atoms with E-state index >= 15 is 0 Å². The first-order chi connectivity index (χ1) is 30.1. The summed E-state index contributed by atoms with van der Waals surface area (Å²) in [6.07, 6.45) is 1.31. The van der Waals surface area contributed by atoms with Crippen molar-refractivity contribution < 1.29 is 43.7 Å². The Hall–Kier alpha value is -5.69. The molecule has 1 saturated carbocycles. The number of amides is 4. The molecule has 3 aromatic rings. The summed E-state index contributed by atoms with van der Waals surface area (Å²) in [4.78, 5) is 65.8. The third-order valence-corrected chi connectivity index (χ3v) is 12.4. The zero-order valence-corrected chi connectivity index (χ0v) is 38.4. The van der Waals surface area contributed by atoms with Gasteiger partial charge in [0.15, 0.2) is 0 Å². The van der Waals surface area contributed by atoms with Gasteiger partial charge in [-0.05, 0) is 78.8 Å². The Bertz CT molecular complexity index is 2180. The Balaban J connectivity index is 0.992. The van der Waals surface area contributed by atoms with E-state index in [-0.39, 0.29) is 60.6 Å². The van der Waals surface area contributed by atoms with Gasteiger partial charge in [0.05, 0.1) is 22.3 Å². The molecular formula is C48H61ClN6O9. The maximum atomic E-state index is 13.8. The third-order valence-electron chi connectivity index (χ3n) is 12.1. The molecule has 64 heavy (non-hydrogen) atoms. The molecule has 3 atom stereocenters. The number of nitriles is 1. The van der Waals surface area contributed by atoms with Crippen LogP contribution in [0.2, 0.25) is 5.02 Å². The lowest BCUT2D eigenvalue weighted by Crippen LogP contribution is -2.74. The molecule has 4 amide bonds. The molecular weight excluding hydrogens is 840 g/mol. The molecule has 0 bridgehead atoms. The SMILES string of the molecule is CC(C)(C)C(NC(=O)COCCCCCNc1ccc(C(=O)N[C@H]2C(C)(C)[C@H](Oc3ccc(C#N)c(Cl)c3)C2(C)C)cc1)C(=O)N1C[C@H](O)C[C@H]1C(=O)NCc1ccc(C(=O)O)cc1. The molecule has 0 radical (unpaired) electrons. The number of rotatable bonds is 19. The number of hydrogen-bond donors (Lipinski definition) is 6. The molecule has 6 N–H and O–H groups in total. The predicted molar refractivity (Wildman–Crippen MR) is 242 cm³/mol. The number of aliphatic hydroxyl groups excluding tert-OH is 1. The average Bonchev–Trinajstić information content (AvgIpc) is 3.65. The van der Waals surface area contributed by atoms with Crippen LogP contribution in [-0.2, 0) is 25.7 Å². The monoisotopic (exact) mass is 900 g/mol. The zero-order valence-electron chi connectivity index (χ0n) is 37.6. The number of nitrogens with zero attached hydrogens (tertiary/aromatic N) is 2. The Morgan fingerprint density at radius 3 is 2.20 bits per heavy atom. The van der Waals surface area contributed by atoms with E-state index in [0.29, 0.717) is 47.0 Å². The summed E-state index contributed by atoms with van der Waals surface area (Å²) in [5.41, 5.74) is 1.11. The van der Waals surface area contributed by atoms with Gasteiger partial charge in [-0.15, -0.1) is 0 Å². The summed E-state index contributed by atoms with van der Waals surface area (Å²) in [6.45, 7) is 14.5. The molecule has 2 aliphatic rings. The van der Waals surface area contributed by atoms with Crippen molar-refractivity contribution in [3.05, 3.63) is 94.0 Å². The highest BCUT2D eigenvalue weighted by Gasteiger charge is 2.64. The van der Waals surface area contributed by atoms with Gasteiger partial charge in [-0.2, -0.15) is 5.26 Å². The zero-order chi connectivity index (χ0) is 47.0. The van der Waals surface area contributed by atoms with Crippen LogP contribution in [0.25, 0.3) is 0 Å². The van der Waals surface area contributed by atoms with Crippen molar-refractivity contribution in [3.63, 3.8) is 0 Å². The lowest BCUT2D eigenvalue weighted by Gasteiger charge is -2.63. The van der Waals surface area contributed by atoms with E-state index in [4.69, 9.17) is 26.2 Å². The first-order valence-electron chi connectivity index (χ1n) is 21.6. The summed E-state index contributed by atoms with van der Waals surface area (Å²) < 4.78 is 12.0. The molecule has 3 aromatic carbocycles. The van der Waals surface area contributed by atoms with Crippen LogP contribution < -0.4 is 26.0 Å². The number of benzene rings is 3. The quantitative estimate of drug-likeness (QED) is 0.0775. The van der Waals surface area contributed by atoms with Crippen LogP contribution >= 0.6 is 11.6 Å². The van der Waals surface area contributed by atoms with E-state index < -0.39 is 47.3 Å². The van der Waals surface area contributed by atoms with Gasteiger partial charge in [0.25, 0.3) is 5.91 Å². The molecule has 344 valence electrons. The van der Waals surface area contributed by atoms with Gasteiger partial charge in [0, 0.05) is 66.9 Å². The van der Waals surface area contributed by atoms with E-state index in [9.17, 15) is 34.3 Å². The summed E-state index contributed by atoms with van der Waals surface area (Å²) in [5, 5.41) is 41.3. The number of β-amino-alcohol motifs (C(OH)–C–C–N with tert-alkyl or cyclic N) is 1. The maximum Gasteiger partial charge on any atom is 0.335 e. The highest BCUT2D eigenvalue weighted by atomic mass is 35.5. The van der Waals surface area contributed by atoms with Crippen molar-refractivity contribution in [1.29, 1.82) is 5.26 Å². The van der Waals surface area contributed by atoms with Crippen molar-refractivity contribution in [2.24, 2.45) is 16.2 Å². The Morgan fingerprint density at radius 2 is 1.59 bits per heavy atom. The number of aliphatic hydroxyl groups is 1. The minimum atomic E-state index is -1.06. The van der Waals surface area contributed by atoms with E-state index in [0.717, 1.165) is 18.5 Å². The summed E-state index contributed by atoms with van der Waals surface area (Å²) in [6, 6.07) is 18.4. The number of aromatic carboxylic acids is 1. The Labute approximate surface area is 380 Å². The molecule has 1 aliphatic carbocycles. The summed E-state index contributed by atoms with van der Waals surface area (Å²) in [7, 11) is 0. The van der Waals surface area contributed by atoms with Crippen LogP contribution in [0.1, 0.15) is 106 Å². The van der Waals surface area contributed by atoms with Gasteiger partial charge in [0.1, 0.15) is 36.6 Å². The molecule has 16 heteroatoms. The fraction of sp³-hybridized carbons (Fsp3) is 0.500. The second-order valence-corrected chi connectivity index (χ2v) is 19.3. The van der Waals surface area contributed by atoms with Gasteiger partial charge in [-0.25, -0.2) is 4.79 Å². The van der Waals surface area contributed by atoms with Crippen LogP contribution in [0.15, 0.2) is 66.7 Å². The van der Waals surface area contributed by atoms with Gasteiger partial charge in [0.2, 0.25) is 17.7 Å². The first kappa shape index (κ1) is 49.3. The summed E-state index contributed by atoms with van der Waals surface area (Å²) in [5.74, 6) is -2.07. The topological polar surface area (TPSA) is 219 Å². The van der Waals surface area contributed by atoms with Gasteiger partial charge in [-0.1, -0.05) is 72.2 Å². The summed E-state index contributed by atoms with van der Waals surface area (Å²) >= 11 is 6.23. The molecule has 1 unspecified atom stereocenters. The molecule has 15 nitrogen and oxygen atoms in total. The standard InChI is InChI=1S/C48H61ClN6O9/c1-46(2,3)39(42(60)55-27-34(56)23-37(55)41(59)52-26-29-11-13-31(14-12-29)43(61)62)53-38(57)28-63-22-10-8-9-21-51-33-18-15-30(16-19-33)40(58)54-44-47(4,5)45(48(44,6)7)64-35-20-17-32(25-50)36(49)24-35/h11-20,24,34,37,39,44-45,51,56H,8-10,21-23,26-28H2,1-7H3,(H,52,59)(H,53,57)(H,54,58)(H,61,62)/t34-,37+,39?,44-,45-/m1/s1. The van der Waals surface area contributed by atoms with Gasteiger partial charge in [-0.3, -0.25) is 19.2 Å². The van der Waals surface area contributed by atoms with Gasteiger partial charge >= 0.3 is 5.97 Å². The van der Waals surface area contributed by atoms with E-state index in [1.807, 2.05) is 12.1 Å². The number of nitrogens with one attached hydrogen (secondary N) is 4. The fourth-order valence-electron chi connectivity index (χ4n) is 8.85. The average molecular weight is 902 g/mol.